The lowest BCUT2D eigenvalue weighted by atomic mass is 10.1. The fourth-order valence-electron chi connectivity index (χ4n) is 2.34. The van der Waals surface area contributed by atoms with Crippen molar-refractivity contribution in [2.45, 2.75) is 30.6 Å². The van der Waals surface area contributed by atoms with Crippen LogP contribution in [0, 0.1) is 0 Å². The lowest BCUT2D eigenvalue weighted by Gasteiger charge is -2.23. The van der Waals surface area contributed by atoms with E-state index < -0.39 is 61.1 Å². The second kappa shape index (κ2) is 12.8. The van der Waals surface area contributed by atoms with Crippen LogP contribution in [0.15, 0.2) is 30.3 Å². The molecule has 0 bridgehead atoms. The van der Waals surface area contributed by atoms with Gasteiger partial charge in [0.25, 0.3) is 0 Å². The van der Waals surface area contributed by atoms with Gasteiger partial charge in [0.05, 0.1) is 19.3 Å². The number of aliphatic hydroxyl groups excluding tert-OH is 2. The van der Waals surface area contributed by atoms with E-state index in [2.05, 4.69) is 28.6 Å². The molecule has 0 spiro atoms. The monoisotopic (exact) mass is 442 g/mol. The van der Waals surface area contributed by atoms with Gasteiger partial charge in [0.15, 0.2) is 0 Å². The van der Waals surface area contributed by atoms with Crippen molar-refractivity contribution in [3.8, 4) is 0 Å². The Kier molecular flexibility index (Phi) is 10.8. The molecule has 4 atom stereocenters. The summed E-state index contributed by atoms with van der Waals surface area (Å²) in [6.45, 7) is -1.63. The molecule has 1 aromatic rings. The smallest absolute Gasteiger partial charge is 0.326 e. The Morgan fingerprint density at radius 2 is 1.33 bits per heavy atom. The predicted molar refractivity (Wildman–Crippen MR) is 110 cm³/mol. The Morgan fingerprint density at radius 1 is 0.867 bits per heavy atom. The minimum absolute atomic E-state index is 0.00522. The molecule has 4 unspecified atom stereocenters. The van der Waals surface area contributed by atoms with Crippen molar-refractivity contribution in [1.29, 1.82) is 0 Å². The van der Waals surface area contributed by atoms with Crippen molar-refractivity contribution in [1.82, 2.24) is 16.0 Å². The van der Waals surface area contributed by atoms with Crippen LogP contribution in [0.3, 0.4) is 0 Å². The molecule has 0 aromatic heterocycles. The third-order valence-corrected chi connectivity index (χ3v) is 4.46. The summed E-state index contributed by atoms with van der Waals surface area (Å²) < 4.78 is 0. The number of rotatable bonds is 12. The van der Waals surface area contributed by atoms with E-state index in [4.69, 9.17) is 5.73 Å². The average molecular weight is 442 g/mol. The number of nitrogens with one attached hydrogen (secondary N) is 3. The Bertz CT molecular complexity index is 735. The summed E-state index contributed by atoms with van der Waals surface area (Å²) in [6.07, 6.45) is -0.00898. The van der Waals surface area contributed by atoms with Crippen LogP contribution in [0.4, 0.5) is 0 Å². The highest BCUT2D eigenvalue weighted by Crippen LogP contribution is 2.04. The van der Waals surface area contributed by atoms with Crippen molar-refractivity contribution in [2.75, 3.05) is 19.0 Å². The van der Waals surface area contributed by atoms with E-state index in [0.29, 0.717) is 5.56 Å². The number of carboxylic acid groups (broad SMARTS) is 1. The van der Waals surface area contributed by atoms with Crippen LogP contribution in [-0.4, -0.2) is 82.1 Å². The highest BCUT2D eigenvalue weighted by Gasteiger charge is 2.29. The summed E-state index contributed by atoms with van der Waals surface area (Å²) in [5, 5.41) is 34.7. The summed E-state index contributed by atoms with van der Waals surface area (Å²) in [6, 6.07) is 3.34. The number of carbonyl (C=O) groups excluding carboxylic acids is 3. The molecule has 0 fully saturated rings. The molecule has 11 nitrogen and oxygen atoms in total. The number of aliphatic hydroxyl groups is 2. The molecule has 30 heavy (non-hydrogen) atoms. The first-order valence-electron chi connectivity index (χ1n) is 8.99. The van der Waals surface area contributed by atoms with Crippen LogP contribution in [0.25, 0.3) is 0 Å². The second-order valence-corrected chi connectivity index (χ2v) is 6.73. The summed E-state index contributed by atoms with van der Waals surface area (Å²) in [4.78, 5) is 47.9. The zero-order chi connectivity index (χ0) is 22.7. The fourth-order valence-corrected chi connectivity index (χ4v) is 2.51. The standard InChI is InChI=1S/C18H26N4O7S/c19-11(9-30)15(25)21-13(7-23)17(27)22-14(8-24)16(26)20-12(18(28)29)6-10-4-2-1-3-5-10/h1-5,11-14,23-24,30H,6-9,19H2,(H,20,26)(H,21,25)(H,22,27)(H,28,29). The molecule has 0 saturated heterocycles. The van der Waals surface area contributed by atoms with E-state index in [1.165, 1.54) is 0 Å². The van der Waals surface area contributed by atoms with E-state index in [-0.39, 0.29) is 12.2 Å². The molecule has 1 aromatic carbocycles. The molecular weight excluding hydrogens is 416 g/mol. The lowest BCUT2D eigenvalue weighted by Crippen LogP contribution is -2.59. The molecule has 8 N–H and O–H groups in total. The molecule has 0 aliphatic carbocycles. The number of carboxylic acids is 1. The minimum Gasteiger partial charge on any atom is -0.480 e. The van der Waals surface area contributed by atoms with E-state index in [1.54, 1.807) is 30.3 Å². The van der Waals surface area contributed by atoms with Crippen molar-refractivity contribution >= 4 is 36.3 Å². The Balaban J connectivity index is 2.76. The van der Waals surface area contributed by atoms with Crippen molar-refractivity contribution < 1.29 is 34.5 Å². The van der Waals surface area contributed by atoms with Gasteiger partial charge >= 0.3 is 5.97 Å². The van der Waals surface area contributed by atoms with E-state index >= 15 is 0 Å². The molecule has 0 heterocycles. The van der Waals surface area contributed by atoms with Gasteiger partial charge in [0.2, 0.25) is 17.7 Å². The fraction of sp³-hybridized carbons (Fsp3) is 0.444. The molecular formula is C18H26N4O7S. The third-order valence-electron chi connectivity index (χ3n) is 4.06. The van der Waals surface area contributed by atoms with E-state index in [0.717, 1.165) is 0 Å². The second-order valence-electron chi connectivity index (χ2n) is 6.37. The first-order valence-corrected chi connectivity index (χ1v) is 9.62. The molecule has 12 heteroatoms. The summed E-state index contributed by atoms with van der Waals surface area (Å²) >= 11 is 3.86. The van der Waals surface area contributed by atoms with Crippen molar-refractivity contribution in [2.24, 2.45) is 5.73 Å². The number of benzene rings is 1. The Morgan fingerprint density at radius 3 is 1.77 bits per heavy atom. The summed E-state index contributed by atoms with van der Waals surface area (Å²) in [7, 11) is 0. The number of hydrogen-bond acceptors (Lipinski definition) is 8. The normalized spacial score (nSPS) is 14.7. The molecule has 3 amide bonds. The SMILES string of the molecule is NC(CS)C(=O)NC(CO)C(=O)NC(CO)C(=O)NC(Cc1ccccc1)C(=O)O. The molecule has 0 radical (unpaired) electrons. The largest absolute Gasteiger partial charge is 0.480 e. The number of amides is 3. The van der Waals surface area contributed by atoms with Gasteiger partial charge in [-0.2, -0.15) is 12.6 Å². The van der Waals surface area contributed by atoms with Crippen LogP contribution in [-0.2, 0) is 25.6 Å². The van der Waals surface area contributed by atoms with Gasteiger partial charge in [-0.05, 0) is 5.56 Å². The quantitative estimate of drug-likeness (QED) is 0.157. The van der Waals surface area contributed by atoms with Gasteiger partial charge in [0.1, 0.15) is 18.1 Å². The van der Waals surface area contributed by atoms with E-state index in [9.17, 15) is 34.5 Å². The van der Waals surface area contributed by atoms with Crippen LogP contribution >= 0.6 is 12.6 Å². The average Bonchev–Trinajstić information content (AvgIpc) is 2.74. The van der Waals surface area contributed by atoms with Gasteiger partial charge < -0.3 is 37.0 Å². The predicted octanol–water partition coefficient (Wildman–Crippen LogP) is -2.99. The van der Waals surface area contributed by atoms with Crippen LogP contribution in [0.2, 0.25) is 0 Å². The molecule has 1 rings (SSSR count). The van der Waals surface area contributed by atoms with Crippen molar-refractivity contribution in [3.05, 3.63) is 35.9 Å². The van der Waals surface area contributed by atoms with Gasteiger partial charge in [-0.3, -0.25) is 14.4 Å². The first-order chi connectivity index (χ1) is 14.2. The van der Waals surface area contributed by atoms with Gasteiger partial charge in [-0.15, -0.1) is 0 Å². The topological polar surface area (TPSA) is 191 Å². The zero-order valence-corrected chi connectivity index (χ0v) is 16.9. The number of nitrogens with two attached hydrogens (primary N) is 1. The maximum absolute atomic E-state index is 12.4. The van der Waals surface area contributed by atoms with E-state index in [1.807, 2.05) is 0 Å². The summed E-state index contributed by atoms with van der Waals surface area (Å²) in [5.41, 5.74) is 6.15. The molecule has 0 saturated carbocycles. The number of aliphatic carboxylic acids is 1. The van der Waals surface area contributed by atoms with Crippen LogP contribution < -0.4 is 21.7 Å². The lowest BCUT2D eigenvalue weighted by molar-refractivity contribution is -0.142. The van der Waals surface area contributed by atoms with Gasteiger partial charge in [-0.1, -0.05) is 30.3 Å². The zero-order valence-electron chi connectivity index (χ0n) is 16.0. The van der Waals surface area contributed by atoms with Crippen molar-refractivity contribution in [3.63, 3.8) is 0 Å². The highest BCUT2D eigenvalue weighted by atomic mass is 32.1. The summed E-state index contributed by atoms with van der Waals surface area (Å²) in [5.74, 6) is -3.93. The van der Waals surface area contributed by atoms with Gasteiger partial charge in [-0.25, -0.2) is 4.79 Å². The van der Waals surface area contributed by atoms with Crippen LogP contribution in [0.5, 0.6) is 0 Å². The molecule has 0 aliphatic heterocycles. The maximum Gasteiger partial charge on any atom is 0.326 e. The number of thiol groups is 1. The molecule has 0 aliphatic rings. The number of carbonyl (C=O) groups is 4. The Hall–Kier alpha value is -2.67. The molecule has 166 valence electrons. The number of hydrogen-bond donors (Lipinski definition) is 8. The maximum atomic E-state index is 12.4. The Labute approximate surface area is 178 Å². The highest BCUT2D eigenvalue weighted by molar-refractivity contribution is 7.80. The van der Waals surface area contributed by atoms with Gasteiger partial charge in [0, 0.05) is 12.2 Å². The third kappa shape index (κ3) is 7.99. The first kappa shape index (κ1) is 25.4. The van der Waals surface area contributed by atoms with Crippen LogP contribution in [0.1, 0.15) is 5.56 Å². The minimum atomic E-state index is -1.50.